The minimum atomic E-state index is -3.44. The number of nitrogens with one attached hydrogen (secondary N) is 2. The van der Waals surface area contributed by atoms with Gasteiger partial charge in [0.15, 0.2) is 21.4 Å². The van der Waals surface area contributed by atoms with Crippen molar-refractivity contribution < 1.29 is 69.9 Å². The van der Waals surface area contributed by atoms with E-state index in [-0.39, 0.29) is 106 Å². The van der Waals surface area contributed by atoms with Gasteiger partial charge in [-0.05, 0) is 219 Å². The van der Waals surface area contributed by atoms with Gasteiger partial charge in [-0.2, -0.15) is 0 Å². The summed E-state index contributed by atoms with van der Waals surface area (Å²) in [6.07, 6.45) is 8.23. The summed E-state index contributed by atoms with van der Waals surface area (Å²) in [6.45, 7) is 6.46. The van der Waals surface area contributed by atoms with Gasteiger partial charge in [0.2, 0.25) is 0 Å². The van der Waals surface area contributed by atoms with Crippen LogP contribution in [0.3, 0.4) is 0 Å². The third kappa shape index (κ3) is 20.6. The van der Waals surface area contributed by atoms with Crippen molar-refractivity contribution in [3.05, 3.63) is 305 Å². The summed E-state index contributed by atoms with van der Waals surface area (Å²) in [6, 6.07) is 46.0. The normalized spacial score (nSPS) is 13.7. The van der Waals surface area contributed by atoms with Crippen LogP contribution in [0.2, 0.25) is 30.1 Å². The standard InChI is InChI=1S/C30H26Cl2N2O6S.C29H23BrCl2N2O4.C19H13Cl2NO4.C10H12BrNO/c1-17(35)25(13-18-4-3-5-22(12-18)41(2,38)39)33-29(36)27-24(31)14-21-16-34(10-8-23(21)28(27)32)30(37)20-7-6-19-9-11-40-26(19)15-20;1-16(35)24(12-17-3-2-4-21(30)11-17)33-28(36)26-23(31)13-20-15-34(9-7-22(20)27(26)32)29(37)19-6-5-18-8-10-38-25(18)14-19;20-14-7-12-9-22(5-3-13(12)17(21)16(14)19(24)25)18(23)11-2-1-10-4-6-26-15(10)8-11;1-7(13)10(12)6-8-3-2-4-9(11)5-8/h3-7,9,11-12,14-15,25H,8,10,13,16H2,1-2H3,(H,33,36);2-6,8,10-11,13-14,24H,7,9,12,15H2,1H3,(H,33,36);1-2,4,6-8H,3,5,9H2,(H,24,25);2-5,10H,6,12H2,1H3/t25-;24-;;10-/m00.0/s1. The minimum Gasteiger partial charge on any atom is -0.478 e. The first-order valence-corrected chi connectivity index (χ1v) is 42.6. The second kappa shape index (κ2) is 38.0. The fraction of sp³-hybridized carbons (Fsp3) is 0.216. The zero-order chi connectivity index (χ0) is 84.7. The number of nitrogens with two attached hydrogens (primary N) is 1. The highest BCUT2D eigenvalue weighted by atomic mass is 79.9. The van der Waals surface area contributed by atoms with E-state index in [0.29, 0.717) is 109 Å². The Kier molecular flexibility index (Phi) is 28.1. The van der Waals surface area contributed by atoms with Crippen LogP contribution in [0.5, 0.6) is 0 Å². The molecule has 3 aliphatic heterocycles. The fourth-order valence-electron chi connectivity index (χ4n) is 14.1. The zero-order valence-corrected chi connectivity index (χ0v) is 72.1. The molecule has 9 aromatic carbocycles. The van der Waals surface area contributed by atoms with Gasteiger partial charge in [0, 0.05) is 87.3 Å². The van der Waals surface area contributed by atoms with Crippen molar-refractivity contribution in [3.63, 3.8) is 0 Å². The lowest BCUT2D eigenvalue weighted by atomic mass is 9.95. The molecule has 118 heavy (non-hydrogen) atoms. The first-order valence-electron chi connectivity index (χ1n) is 36.9. The van der Waals surface area contributed by atoms with Crippen molar-refractivity contribution >= 4 is 197 Å². The molecule has 0 saturated carbocycles. The molecular weight excluding hydrogens is 1790 g/mol. The molecule has 608 valence electrons. The van der Waals surface area contributed by atoms with Crippen LogP contribution < -0.4 is 16.4 Å². The first-order chi connectivity index (χ1) is 56.2. The highest BCUT2D eigenvalue weighted by molar-refractivity contribution is 9.10. The summed E-state index contributed by atoms with van der Waals surface area (Å²) in [5.74, 6) is -3.15. The number of Topliss-reactive ketones (excluding diaryl/α,β-unsaturated/α-hetero) is 3. The second-order valence-corrected chi connectivity index (χ2v) is 34.8. The number of carbonyl (C=O) groups excluding carboxylic acids is 8. The molecule has 12 aromatic rings. The number of hydrogen-bond acceptors (Lipinski definition) is 15. The van der Waals surface area contributed by atoms with Crippen LogP contribution in [0.4, 0.5) is 0 Å². The van der Waals surface area contributed by atoms with Crippen molar-refractivity contribution in [1.82, 2.24) is 25.3 Å². The Morgan fingerprint density at radius 2 is 0.788 bits per heavy atom. The Morgan fingerprint density at radius 1 is 0.449 bits per heavy atom. The van der Waals surface area contributed by atoms with Crippen molar-refractivity contribution in [3.8, 4) is 0 Å². The van der Waals surface area contributed by atoms with E-state index in [1.54, 1.807) is 100 Å². The number of sulfone groups is 1. The molecule has 15 rings (SSSR count). The molecule has 0 unspecified atom stereocenters. The van der Waals surface area contributed by atoms with Gasteiger partial charge in [-0.3, -0.25) is 38.4 Å². The van der Waals surface area contributed by atoms with Crippen LogP contribution in [0.1, 0.15) is 133 Å². The molecule has 0 radical (unpaired) electrons. The number of carboxylic acids is 1. The number of halogens is 8. The van der Waals surface area contributed by atoms with Gasteiger partial charge < -0.3 is 49.4 Å². The van der Waals surface area contributed by atoms with Crippen LogP contribution in [-0.4, -0.2) is 125 Å². The lowest BCUT2D eigenvalue weighted by Gasteiger charge is -2.30. The second-order valence-electron chi connectivity index (χ2n) is 28.6. The molecule has 0 saturated heterocycles. The summed E-state index contributed by atoms with van der Waals surface area (Å²) in [5, 5.41) is 18.5. The number of nitrogens with zero attached hydrogens (tertiary/aromatic N) is 3. The van der Waals surface area contributed by atoms with Crippen LogP contribution in [-0.2, 0) is 82.4 Å². The molecule has 0 spiro atoms. The highest BCUT2D eigenvalue weighted by Crippen LogP contribution is 2.39. The maximum absolute atomic E-state index is 13.3. The fourth-order valence-corrected chi connectivity index (χ4v) is 17.9. The van der Waals surface area contributed by atoms with Crippen molar-refractivity contribution in [2.24, 2.45) is 5.73 Å². The van der Waals surface area contributed by atoms with E-state index in [1.165, 1.54) is 32.9 Å². The number of ketones is 3. The van der Waals surface area contributed by atoms with Crippen LogP contribution in [0.15, 0.2) is 210 Å². The minimum absolute atomic E-state index is 0.0278. The predicted molar refractivity (Wildman–Crippen MR) is 462 cm³/mol. The number of carboxylic acid groups (broad SMARTS) is 1. The number of benzene rings is 9. The van der Waals surface area contributed by atoms with Crippen LogP contribution >= 0.6 is 101 Å². The molecule has 3 atom stereocenters. The first kappa shape index (κ1) is 87.4. The topological polar surface area (TPSA) is 307 Å². The number of rotatable bonds is 18. The smallest absolute Gasteiger partial charge is 0.338 e. The van der Waals surface area contributed by atoms with E-state index < -0.39 is 39.7 Å². The number of fused-ring (bicyclic) bond motifs is 6. The van der Waals surface area contributed by atoms with Gasteiger partial charge >= 0.3 is 5.97 Å². The molecule has 0 fully saturated rings. The number of amides is 5. The summed E-state index contributed by atoms with van der Waals surface area (Å²) in [5.41, 5.74) is 16.3. The lowest BCUT2D eigenvalue weighted by molar-refractivity contribution is -0.119. The monoisotopic (exact) mass is 1850 g/mol. The van der Waals surface area contributed by atoms with Crippen LogP contribution in [0, 0.1) is 0 Å². The van der Waals surface area contributed by atoms with Crippen molar-refractivity contribution in [2.45, 2.75) is 102 Å². The van der Waals surface area contributed by atoms with Gasteiger partial charge in [0.25, 0.3) is 29.5 Å². The van der Waals surface area contributed by atoms with Crippen molar-refractivity contribution in [2.75, 3.05) is 25.9 Å². The average molecular weight is 1860 g/mol. The molecule has 6 heterocycles. The Hall–Kier alpha value is -9.96. The van der Waals surface area contributed by atoms with Gasteiger partial charge in [-0.15, -0.1) is 0 Å². The number of carbonyl (C=O) groups is 9. The third-order valence-corrected chi connectivity index (χ3v) is 24.6. The molecule has 3 aliphatic rings. The molecule has 0 bridgehead atoms. The summed E-state index contributed by atoms with van der Waals surface area (Å²) < 4.78 is 42.0. The Labute approximate surface area is 725 Å². The number of hydrogen-bond donors (Lipinski definition) is 4. The number of furan rings is 3. The van der Waals surface area contributed by atoms with E-state index in [2.05, 4.69) is 42.5 Å². The van der Waals surface area contributed by atoms with Gasteiger partial charge in [-0.1, -0.05) is 156 Å². The summed E-state index contributed by atoms with van der Waals surface area (Å²) in [4.78, 5) is 118. The zero-order valence-electron chi connectivity index (χ0n) is 63.6. The highest BCUT2D eigenvalue weighted by Gasteiger charge is 2.34. The predicted octanol–water partition coefficient (Wildman–Crippen LogP) is 18.4. The van der Waals surface area contributed by atoms with E-state index in [1.807, 2.05) is 84.9 Å². The van der Waals surface area contributed by atoms with Gasteiger partial charge in [-0.25, -0.2) is 13.2 Å². The Bertz CT molecular complexity index is 6130. The molecule has 3 aromatic heterocycles. The lowest BCUT2D eigenvalue weighted by Crippen LogP contribution is -2.42. The van der Waals surface area contributed by atoms with E-state index in [9.17, 15) is 56.7 Å². The molecule has 0 aliphatic carbocycles. The van der Waals surface area contributed by atoms with E-state index >= 15 is 0 Å². The average Bonchev–Trinajstić information content (AvgIpc) is 1.20. The Balaban J connectivity index is 0.000000154. The molecule has 5 amide bonds. The van der Waals surface area contributed by atoms with E-state index in [4.69, 9.17) is 88.6 Å². The summed E-state index contributed by atoms with van der Waals surface area (Å²) in [7, 11) is -3.44. The Morgan fingerprint density at radius 3 is 1.13 bits per heavy atom. The van der Waals surface area contributed by atoms with Gasteiger partial charge in [0.1, 0.15) is 22.5 Å². The van der Waals surface area contributed by atoms with E-state index in [0.717, 1.165) is 70.3 Å². The number of aromatic carboxylic acids is 1. The largest absolute Gasteiger partial charge is 0.478 e. The van der Waals surface area contributed by atoms with Crippen molar-refractivity contribution in [1.29, 1.82) is 0 Å². The molecule has 30 heteroatoms. The quantitative estimate of drug-likeness (QED) is 0.0620. The molecule has 5 N–H and O–H groups in total. The van der Waals surface area contributed by atoms with Crippen LogP contribution in [0.25, 0.3) is 32.9 Å². The third-order valence-electron chi connectivity index (χ3n) is 20.4. The molecular formula is C88H74Br2Cl6N6O15S. The maximum atomic E-state index is 13.3. The van der Waals surface area contributed by atoms with Gasteiger partial charge in [0.05, 0.1) is 88.6 Å². The maximum Gasteiger partial charge on any atom is 0.338 e. The SMILES string of the molecule is CC(=O)[C@@H](N)Cc1cccc(Br)c1.CC(=O)[C@H](Cc1cccc(Br)c1)NC(=O)c1c(Cl)cc2c(c1Cl)CCN(C(=O)c1ccc3ccoc3c1)C2.CC(=O)[C@H](Cc1cccc(S(C)(=O)=O)c1)NC(=O)c1c(Cl)cc2c(c1Cl)CCN(C(=O)c1ccc3ccoc3c1)C2.O=C(O)c1c(Cl)cc2c(c1Cl)CCN(C(=O)c1ccc3ccoc3c1)C2. The molecule has 21 nitrogen and oxygen atoms in total. The summed E-state index contributed by atoms with van der Waals surface area (Å²) >= 11 is 45.6.